The lowest BCUT2D eigenvalue weighted by atomic mass is 9.77. The van der Waals surface area contributed by atoms with Crippen molar-refractivity contribution in [2.45, 2.75) is 50.2 Å². The van der Waals surface area contributed by atoms with Gasteiger partial charge < -0.3 is 15.7 Å². The highest BCUT2D eigenvalue weighted by Crippen LogP contribution is 2.37. The van der Waals surface area contributed by atoms with Crippen molar-refractivity contribution in [3.05, 3.63) is 35.9 Å². The standard InChI is InChI=1S/C17H24N2O2/c20-16(18-12-17(21)10-5-11-17)19-15(14-8-4-9-14)13-6-2-1-3-7-13/h1-3,6-7,14-15,21H,4-5,8-12H2,(H2,18,19,20). The smallest absolute Gasteiger partial charge is 0.315 e. The van der Waals surface area contributed by atoms with Gasteiger partial charge in [-0.05, 0) is 43.6 Å². The van der Waals surface area contributed by atoms with Gasteiger partial charge in [-0.2, -0.15) is 0 Å². The number of hydrogen-bond acceptors (Lipinski definition) is 2. The Kier molecular flexibility index (Phi) is 4.15. The fourth-order valence-corrected chi connectivity index (χ4v) is 3.11. The number of rotatable bonds is 5. The SMILES string of the molecule is O=C(NCC1(O)CCC1)NC(c1ccccc1)C1CCC1. The Morgan fingerprint density at radius 1 is 1.24 bits per heavy atom. The van der Waals surface area contributed by atoms with Crippen molar-refractivity contribution in [3.63, 3.8) is 0 Å². The molecule has 4 heteroatoms. The van der Waals surface area contributed by atoms with E-state index in [9.17, 15) is 9.90 Å². The fraction of sp³-hybridized carbons (Fsp3) is 0.588. The van der Waals surface area contributed by atoms with Gasteiger partial charge in [-0.15, -0.1) is 0 Å². The van der Waals surface area contributed by atoms with Gasteiger partial charge in [-0.3, -0.25) is 0 Å². The summed E-state index contributed by atoms with van der Waals surface area (Å²) in [7, 11) is 0. The molecule has 0 saturated heterocycles. The van der Waals surface area contributed by atoms with Crippen LogP contribution >= 0.6 is 0 Å². The van der Waals surface area contributed by atoms with E-state index in [0.29, 0.717) is 12.5 Å². The third-order valence-corrected chi connectivity index (χ3v) is 4.93. The molecule has 3 N–H and O–H groups in total. The van der Waals surface area contributed by atoms with Gasteiger partial charge in [0.2, 0.25) is 0 Å². The Morgan fingerprint density at radius 2 is 1.95 bits per heavy atom. The van der Waals surface area contributed by atoms with Crippen LogP contribution in [0.25, 0.3) is 0 Å². The average Bonchev–Trinajstić information content (AvgIpc) is 2.41. The van der Waals surface area contributed by atoms with E-state index in [4.69, 9.17) is 0 Å². The summed E-state index contributed by atoms with van der Waals surface area (Å²) in [5, 5.41) is 16.0. The summed E-state index contributed by atoms with van der Waals surface area (Å²) < 4.78 is 0. The maximum Gasteiger partial charge on any atom is 0.315 e. The van der Waals surface area contributed by atoms with Crippen LogP contribution in [0.4, 0.5) is 4.79 Å². The number of aliphatic hydroxyl groups is 1. The molecule has 1 unspecified atom stereocenters. The first kappa shape index (κ1) is 14.4. The van der Waals surface area contributed by atoms with Crippen LogP contribution in [0, 0.1) is 5.92 Å². The second-order valence-electron chi connectivity index (χ2n) is 6.48. The molecule has 0 bridgehead atoms. The van der Waals surface area contributed by atoms with Crippen molar-refractivity contribution >= 4 is 6.03 Å². The van der Waals surface area contributed by atoms with Crippen molar-refractivity contribution in [1.29, 1.82) is 0 Å². The molecule has 0 heterocycles. The summed E-state index contributed by atoms with van der Waals surface area (Å²) in [4.78, 5) is 12.1. The molecule has 0 radical (unpaired) electrons. The van der Waals surface area contributed by atoms with E-state index < -0.39 is 5.60 Å². The minimum Gasteiger partial charge on any atom is -0.388 e. The predicted octanol–water partition coefficient (Wildman–Crippen LogP) is 2.74. The molecule has 2 aliphatic rings. The van der Waals surface area contributed by atoms with Crippen molar-refractivity contribution in [2.75, 3.05) is 6.54 Å². The van der Waals surface area contributed by atoms with Crippen LogP contribution in [-0.2, 0) is 0 Å². The molecule has 2 aliphatic carbocycles. The van der Waals surface area contributed by atoms with Crippen molar-refractivity contribution in [3.8, 4) is 0 Å². The highest BCUT2D eigenvalue weighted by molar-refractivity contribution is 5.74. The number of carbonyl (C=O) groups excluding carboxylic acids is 1. The van der Waals surface area contributed by atoms with E-state index in [1.807, 2.05) is 18.2 Å². The minimum absolute atomic E-state index is 0.0796. The Morgan fingerprint density at radius 3 is 2.48 bits per heavy atom. The summed E-state index contributed by atoms with van der Waals surface area (Å²) in [6, 6.07) is 10.1. The van der Waals surface area contributed by atoms with Crippen LogP contribution in [0.3, 0.4) is 0 Å². The van der Waals surface area contributed by atoms with E-state index in [1.54, 1.807) is 0 Å². The molecule has 1 atom stereocenters. The van der Waals surface area contributed by atoms with Crippen LogP contribution in [0.1, 0.15) is 50.1 Å². The monoisotopic (exact) mass is 288 g/mol. The van der Waals surface area contributed by atoms with Crippen molar-refractivity contribution in [1.82, 2.24) is 10.6 Å². The molecule has 2 saturated carbocycles. The number of hydrogen-bond donors (Lipinski definition) is 3. The molecule has 3 rings (SSSR count). The number of carbonyl (C=O) groups is 1. The number of nitrogens with one attached hydrogen (secondary N) is 2. The third-order valence-electron chi connectivity index (χ3n) is 4.93. The molecule has 4 nitrogen and oxygen atoms in total. The van der Waals surface area contributed by atoms with E-state index >= 15 is 0 Å². The topological polar surface area (TPSA) is 61.4 Å². The van der Waals surface area contributed by atoms with Crippen LogP contribution in [-0.4, -0.2) is 23.3 Å². The van der Waals surface area contributed by atoms with Gasteiger partial charge in [0.1, 0.15) is 0 Å². The molecule has 2 fully saturated rings. The van der Waals surface area contributed by atoms with Crippen LogP contribution < -0.4 is 10.6 Å². The van der Waals surface area contributed by atoms with Gasteiger partial charge in [-0.1, -0.05) is 36.8 Å². The predicted molar refractivity (Wildman–Crippen MR) is 81.9 cm³/mol. The number of benzene rings is 1. The van der Waals surface area contributed by atoms with Crippen LogP contribution in [0.2, 0.25) is 0 Å². The second kappa shape index (κ2) is 6.06. The first-order valence-electron chi connectivity index (χ1n) is 7.98. The Labute approximate surface area is 125 Å². The first-order chi connectivity index (χ1) is 10.2. The fourth-order valence-electron chi connectivity index (χ4n) is 3.11. The van der Waals surface area contributed by atoms with Gasteiger partial charge in [0.05, 0.1) is 11.6 Å². The lowest BCUT2D eigenvalue weighted by molar-refractivity contribution is -0.0291. The molecular weight excluding hydrogens is 264 g/mol. The summed E-state index contributed by atoms with van der Waals surface area (Å²) in [6.07, 6.45) is 6.22. The molecule has 1 aromatic rings. The van der Waals surface area contributed by atoms with Gasteiger partial charge in [0, 0.05) is 6.54 Å². The molecule has 0 spiro atoms. The maximum absolute atomic E-state index is 12.1. The van der Waals surface area contributed by atoms with Crippen molar-refractivity contribution in [2.24, 2.45) is 5.92 Å². The van der Waals surface area contributed by atoms with E-state index in [-0.39, 0.29) is 12.1 Å². The van der Waals surface area contributed by atoms with Crippen molar-refractivity contribution < 1.29 is 9.90 Å². The maximum atomic E-state index is 12.1. The zero-order valence-electron chi connectivity index (χ0n) is 12.3. The molecular formula is C17H24N2O2. The largest absolute Gasteiger partial charge is 0.388 e. The summed E-state index contributed by atoms with van der Waals surface area (Å²) in [5.41, 5.74) is 0.496. The highest BCUT2D eigenvalue weighted by Gasteiger charge is 2.35. The van der Waals surface area contributed by atoms with Gasteiger partial charge in [-0.25, -0.2) is 4.79 Å². The molecule has 2 amide bonds. The molecule has 1 aromatic carbocycles. The normalized spacial score (nSPS) is 21.8. The van der Waals surface area contributed by atoms with Gasteiger partial charge in [0.15, 0.2) is 0 Å². The minimum atomic E-state index is -0.671. The number of amides is 2. The average molecular weight is 288 g/mol. The lowest BCUT2D eigenvalue weighted by Gasteiger charge is -2.37. The highest BCUT2D eigenvalue weighted by atomic mass is 16.3. The second-order valence-corrected chi connectivity index (χ2v) is 6.48. The third kappa shape index (κ3) is 3.38. The van der Waals surface area contributed by atoms with Crippen LogP contribution in [0.5, 0.6) is 0 Å². The molecule has 114 valence electrons. The van der Waals surface area contributed by atoms with Crippen LogP contribution in [0.15, 0.2) is 30.3 Å². The van der Waals surface area contributed by atoms with Gasteiger partial charge >= 0.3 is 6.03 Å². The van der Waals surface area contributed by atoms with E-state index in [1.165, 1.54) is 24.8 Å². The van der Waals surface area contributed by atoms with Gasteiger partial charge in [0.25, 0.3) is 0 Å². The molecule has 0 aromatic heterocycles. The Hall–Kier alpha value is -1.55. The zero-order chi connectivity index (χ0) is 14.7. The summed E-state index contributed by atoms with van der Waals surface area (Å²) in [6.45, 7) is 0.352. The Balaban J connectivity index is 1.57. The molecule has 0 aliphatic heterocycles. The quantitative estimate of drug-likeness (QED) is 0.780. The van der Waals surface area contributed by atoms with E-state index in [0.717, 1.165) is 19.3 Å². The first-order valence-corrected chi connectivity index (χ1v) is 7.98. The molecule has 21 heavy (non-hydrogen) atoms. The zero-order valence-corrected chi connectivity index (χ0v) is 12.3. The summed E-state index contributed by atoms with van der Waals surface area (Å²) in [5.74, 6) is 0.532. The lowest BCUT2D eigenvalue weighted by Crippen LogP contribution is -2.51. The Bertz CT molecular complexity index is 481. The summed E-state index contributed by atoms with van der Waals surface area (Å²) >= 11 is 0. The number of urea groups is 1. The van der Waals surface area contributed by atoms with E-state index in [2.05, 4.69) is 22.8 Å².